The minimum absolute atomic E-state index is 0.0963. The predicted molar refractivity (Wildman–Crippen MR) is 50.1 cm³/mol. The van der Waals surface area contributed by atoms with E-state index in [1.165, 1.54) is 38.5 Å². The summed E-state index contributed by atoms with van der Waals surface area (Å²) in [6, 6.07) is 0. The highest BCUT2D eigenvalue weighted by Gasteiger charge is 2.65. The van der Waals surface area contributed by atoms with Crippen LogP contribution in [0.15, 0.2) is 0 Å². The van der Waals surface area contributed by atoms with Crippen LogP contribution in [0.5, 0.6) is 0 Å². The van der Waals surface area contributed by atoms with E-state index in [1.54, 1.807) is 0 Å². The molecule has 0 heterocycles. The van der Waals surface area contributed by atoms with E-state index in [9.17, 15) is 5.11 Å². The molecule has 5 aliphatic carbocycles. The molecule has 5 fully saturated rings. The maximum Gasteiger partial charge on any atom is 0.0627 e. The number of hydrogen-bond acceptors (Lipinski definition) is 1. The van der Waals surface area contributed by atoms with Crippen molar-refractivity contribution in [2.75, 3.05) is 0 Å². The molecule has 0 saturated heterocycles. The Balaban J connectivity index is 1.82. The molecule has 1 heteroatoms. The van der Waals surface area contributed by atoms with Gasteiger partial charge in [-0.25, -0.2) is 0 Å². The fourth-order valence-corrected chi connectivity index (χ4v) is 5.42. The Morgan fingerprint density at radius 2 is 1.92 bits per heavy atom. The first-order valence-corrected chi connectivity index (χ1v) is 5.98. The van der Waals surface area contributed by atoms with Gasteiger partial charge in [-0.1, -0.05) is 0 Å². The summed E-state index contributed by atoms with van der Waals surface area (Å²) < 4.78 is 0. The van der Waals surface area contributed by atoms with Gasteiger partial charge in [0.05, 0.1) is 6.10 Å². The summed E-state index contributed by atoms with van der Waals surface area (Å²) in [6.07, 6.45) is 8.49. The zero-order valence-electron chi connectivity index (χ0n) is 8.08. The highest BCUT2D eigenvalue weighted by atomic mass is 16.3. The molecule has 5 aliphatic rings. The van der Waals surface area contributed by atoms with Gasteiger partial charge in [0.2, 0.25) is 0 Å². The van der Waals surface area contributed by atoms with Crippen molar-refractivity contribution in [1.29, 1.82) is 0 Å². The van der Waals surface area contributed by atoms with Crippen molar-refractivity contribution in [3.8, 4) is 0 Å². The molecule has 0 aromatic carbocycles. The molecule has 0 amide bonds. The van der Waals surface area contributed by atoms with Gasteiger partial charge in [0.15, 0.2) is 0 Å². The topological polar surface area (TPSA) is 20.2 Å². The molecule has 0 radical (unpaired) electrons. The minimum Gasteiger partial charge on any atom is -0.392 e. The maximum absolute atomic E-state index is 10.3. The van der Waals surface area contributed by atoms with Crippen LogP contribution >= 0.6 is 0 Å². The number of rotatable bonds is 0. The zero-order valence-corrected chi connectivity index (χ0v) is 8.08. The Kier molecular flexibility index (Phi) is 1.11. The normalized spacial score (nSPS) is 67.6. The lowest BCUT2D eigenvalue weighted by molar-refractivity contribution is -0.240. The van der Waals surface area contributed by atoms with E-state index < -0.39 is 0 Å². The fraction of sp³-hybridized carbons (Fsp3) is 1.00. The van der Waals surface area contributed by atoms with E-state index in [-0.39, 0.29) is 6.10 Å². The van der Waals surface area contributed by atoms with Crippen molar-refractivity contribution in [1.82, 2.24) is 0 Å². The molecular formula is C12H18O. The molecule has 5 rings (SSSR count). The molecule has 72 valence electrons. The zero-order chi connectivity index (χ0) is 8.63. The molecule has 13 heavy (non-hydrogen) atoms. The molecule has 1 nitrogen and oxygen atoms in total. The fourth-order valence-electron chi connectivity index (χ4n) is 5.42. The highest BCUT2D eigenvalue weighted by Crippen LogP contribution is 2.70. The van der Waals surface area contributed by atoms with Gasteiger partial charge in [-0.3, -0.25) is 0 Å². The quantitative estimate of drug-likeness (QED) is 0.603. The van der Waals surface area contributed by atoms with Crippen LogP contribution in [0.25, 0.3) is 0 Å². The molecule has 1 spiro atoms. The standard InChI is InChI=1S/C12H18O/c13-11-9-4-7-3-8(5-9)10-1-2-12(10,11)6-7/h7-11,13H,1-6H2. The first-order chi connectivity index (χ1) is 6.29. The maximum atomic E-state index is 10.3. The van der Waals surface area contributed by atoms with Crippen LogP contribution < -0.4 is 0 Å². The predicted octanol–water partition coefficient (Wildman–Crippen LogP) is 2.19. The van der Waals surface area contributed by atoms with Crippen molar-refractivity contribution < 1.29 is 5.11 Å². The van der Waals surface area contributed by atoms with Gasteiger partial charge >= 0.3 is 0 Å². The molecule has 1 N–H and O–H groups in total. The third kappa shape index (κ3) is 0.643. The van der Waals surface area contributed by atoms with Crippen LogP contribution in [-0.4, -0.2) is 11.2 Å². The Labute approximate surface area is 79.5 Å². The summed E-state index contributed by atoms with van der Waals surface area (Å²) in [7, 11) is 0. The Bertz CT molecular complexity index is 246. The average molecular weight is 178 g/mol. The smallest absolute Gasteiger partial charge is 0.0627 e. The van der Waals surface area contributed by atoms with Gasteiger partial charge in [-0.05, 0) is 67.6 Å². The number of aliphatic hydroxyl groups is 1. The van der Waals surface area contributed by atoms with Crippen LogP contribution in [0, 0.1) is 29.1 Å². The molecule has 6 unspecified atom stereocenters. The van der Waals surface area contributed by atoms with Crippen molar-refractivity contribution in [3.05, 3.63) is 0 Å². The second-order valence-corrected chi connectivity index (χ2v) is 6.12. The molecule has 6 atom stereocenters. The van der Waals surface area contributed by atoms with Crippen LogP contribution in [0.3, 0.4) is 0 Å². The number of hydrogen-bond donors (Lipinski definition) is 1. The summed E-state index contributed by atoms with van der Waals surface area (Å²) in [5.41, 5.74) is 0.453. The second-order valence-electron chi connectivity index (χ2n) is 6.12. The third-order valence-corrected chi connectivity index (χ3v) is 5.81. The first kappa shape index (κ1) is 7.28. The van der Waals surface area contributed by atoms with E-state index in [0.717, 1.165) is 17.8 Å². The van der Waals surface area contributed by atoms with Crippen LogP contribution in [0.2, 0.25) is 0 Å². The Morgan fingerprint density at radius 3 is 2.69 bits per heavy atom. The molecule has 0 aromatic heterocycles. The van der Waals surface area contributed by atoms with Crippen molar-refractivity contribution in [2.24, 2.45) is 29.1 Å². The van der Waals surface area contributed by atoms with Gasteiger partial charge in [0.1, 0.15) is 0 Å². The van der Waals surface area contributed by atoms with Crippen LogP contribution in [-0.2, 0) is 0 Å². The van der Waals surface area contributed by atoms with Crippen molar-refractivity contribution in [3.63, 3.8) is 0 Å². The monoisotopic (exact) mass is 178 g/mol. The lowest BCUT2D eigenvalue weighted by Crippen LogP contribution is -2.65. The first-order valence-electron chi connectivity index (χ1n) is 5.98. The minimum atomic E-state index is 0.0963. The third-order valence-electron chi connectivity index (χ3n) is 5.81. The SMILES string of the molecule is OC1C2CC3CC(C2)C2CCC12C3. The lowest BCUT2D eigenvalue weighted by atomic mass is 9.37. The van der Waals surface area contributed by atoms with Gasteiger partial charge in [0, 0.05) is 0 Å². The van der Waals surface area contributed by atoms with Crippen LogP contribution in [0.4, 0.5) is 0 Å². The van der Waals surface area contributed by atoms with Gasteiger partial charge in [0.25, 0.3) is 0 Å². The van der Waals surface area contributed by atoms with E-state index >= 15 is 0 Å². The van der Waals surface area contributed by atoms with Crippen molar-refractivity contribution in [2.45, 2.75) is 44.6 Å². The van der Waals surface area contributed by atoms with E-state index in [1.807, 2.05) is 0 Å². The Morgan fingerprint density at radius 1 is 1.08 bits per heavy atom. The van der Waals surface area contributed by atoms with Gasteiger partial charge < -0.3 is 5.11 Å². The summed E-state index contributed by atoms with van der Waals surface area (Å²) in [4.78, 5) is 0. The van der Waals surface area contributed by atoms with E-state index in [4.69, 9.17) is 0 Å². The highest BCUT2D eigenvalue weighted by molar-refractivity contribution is 5.15. The summed E-state index contributed by atoms with van der Waals surface area (Å²) in [6.45, 7) is 0. The molecule has 0 aromatic rings. The molecule has 5 saturated carbocycles. The average Bonchev–Trinajstić information content (AvgIpc) is 2.07. The van der Waals surface area contributed by atoms with Crippen LogP contribution in [0.1, 0.15) is 38.5 Å². The van der Waals surface area contributed by atoms with Gasteiger partial charge in [-0.2, -0.15) is 0 Å². The van der Waals surface area contributed by atoms with E-state index in [0.29, 0.717) is 11.3 Å². The van der Waals surface area contributed by atoms with Gasteiger partial charge in [-0.15, -0.1) is 0 Å². The summed E-state index contributed by atoms with van der Waals surface area (Å²) >= 11 is 0. The van der Waals surface area contributed by atoms with E-state index in [2.05, 4.69) is 0 Å². The molecule has 0 aliphatic heterocycles. The summed E-state index contributed by atoms with van der Waals surface area (Å²) in [5.74, 6) is 3.67. The second kappa shape index (κ2) is 1.98. The lowest BCUT2D eigenvalue weighted by Gasteiger charge is -2.69. The number of aliphatic hydroxyl groups excluding tert-OH is 1. The summed E-state index contributed by atoms with van der Waals surface area (Å²) in [5, 5.41) is 10.3. The van der Waals surface area contributed by atoms with Crippen molar-refractivity contribution >= 4 is 0 Å². The molecule has 4 bridgehead atoms. The largest absolute Gasteiger partial charge is 0.392 e. The molecular weight excluding hydrogens is 160 g/mol. The Hall–Kier alpha value is -0.0400.